The van der Waals surface area contributed by atoms with Crippen LogP contribution in [0.5, 0.6) is 11.5 Å². The van der Waals surface area contributed by atoms with Gasteiger partial charge in [0.15, 0.2) is 11.5 Å². The Balaban J connectivity index is 1.50. The van der Waals surface area contributed by atoms with Crippen molar-refractivity contribution in [2.75, 3.05) is 32.8 Å². The Kier molecular flexibility index (Phi) is 5.81. The maximum absolute atomic E-state index is 12.2. The first-order valence-electron chi connectivity index (χ1n) is 9.19. The molecule has 2 aliphatic heterocycles. The Labute approximate surface area is 162 Å². The molecule has 1 fully saturated rings. The highest BCUT2D eigenvalue weighted by molar-refractivity contribution is 6.45. The van der Waals surface area contributed by atoms with Crippen LogP contribution in [-0.2, 0) is 20.8 Å². The molecule has 0 aromatic heterocycles. The van der Waals surface area contributed by atoms with Crippen LogP contribution in [0.3, 0.4) is 0 Å². The van der Waals surface area contributed by atoms with Gasteiger partial charge in [-0.25, -0.2) is 9.69 Å². The molecule has 0 bridgehead atoms. The molecule has 1 N–H and O–H groups in total. The lowest BCUT2D eigenvalue weighted by Crippen LogP contribution is -2.42. The summed E-state index contributed by atoms with van der Waals surface area (Å²) in [5.41, 5.74) is 0.955. The van der Waals surface area contributed by atoms with Crippen LogP contribution in [0, 0.1) is 5.92 Å². The number of carbonyl (C=O) groups is 4. The number of imide groups is 2. The standard InChI is InChI=1S/C19H23N3O6/c1-12(2)10-21-17(24)18(25)22(19(21)26)11-16(23)20-6-5-13-3-4-14-15(9-13)28-8-7-27-14/h3-4,9,12H,5-8,10-11H2,1-2H3,(H,20,23). The molecule has 2 aliphatic rings. The third-order valence-corrected chi connectivity index (χ3v) is 4.33. The first-order chi connectivity index (χ1) is 13.4. The number of benzene rings is 1. The summed E-state index contributed by atoms with van der Waals surface area (Å²) in [4.78, 5) is 49.8. The maximum Gasteiger partial charge on any atom is 0.334 e. The lowest BCUT2D eigenvalue weighted by molar-refractivity contribution is -0.144. The van der Waals surface area contributed by atoms with E-state index >= 15 is 0 Å². The van der Waals surface area contributed by atoms with Crippen molar-refractivity contribution in [1.82, 2.24) is 15.1 Å². The molecule has 150 valence electrons. The molecule has 1 aromatic carbocycles. The number of rotatable bonds is 7. The number of nitrogens with one attached hydrogen (secondary N) is 1. The Bertz CT molecular complexity index is 807. The van der Waals surface area contributed by atoms with Gasteiger partial charge < -0.3 is 14.8 Å². The molecule has 9 nitrogen and oxygen atoms in total. The average molecular weight is 389 g/mol. The smallest absolute Gasteiger partial charge is 0.334 e. The zero-order valence-electron chi connectivity index (χ0n) is 15.9. The van der Waals surface area contributed by atoms with Gasteiger partial charge in [-0.3, -0.25) is 19.3 Å². The highest BCUT2D eigenvalue weighted by atomic mass is 16.6. The van der Waals surface area contributed by atoms with Gasteiger partial charge in [-0.05, 0) is 30.0 Å². The van der Waals surface area contributed by atoms with Crippen molar-refractivity contribution >= 4 is 23.8 Å². The SMILES string of the molecule is CC(C)CN1C(=O)C(=O)N(CC(=O)NCCc2ccc3c(c2)OCCO3)C1=O. The zero-order chi connectivity index (χ0) is 20.3. The Hall–Kier alpha value is -3.10. The van der Waals surface area contributed by atoms with Crippen LogP contribution in [0.4, 0.5) is 4.79 Å². The molecule has 0 saturated carbocycles. The van der Waals surface area contributed by atoms with Crippen molar-refractivity contribution in [2.24, 2.45) is 5.92 Å². The highest BCUT2D eigenvalue weighted by Gasteiger charge is 2.45. The number of carbonyl (C=O) groups excluding carboxylic acids is 4. The van der Waals surface area contributed by atoms with Crippen LogP contribution < -0.4 is 14.8 Å². The molecule has 0 atom stereocenters. The van der Waals surface area contributed by atoms with Gasteiger partial charge in [0.25, 0.3) is 0 Å². The molecule has 0 radical (unpaired) electrons. The first-order valence-corrected chi connectivity index (χ1v) is 9.19. The summed E-state index contributed by atoms with van der Waals surface area (Å²) >= 11 is 0. The van der Waals surface area contributed by atoms with Crippen molar-refractivity contribution in [1.29, 1.82) is 0 Å². The minimum absolute atomic E-state index is 0.0282. The fraction of sp³-hybridized carbons (Fsp3) is 0.474. The van der Waals surface area contributed by atoms with Gasteiger partial charge in [-0.15, -0.1) is 0 Å². The summed E-state index contributed by atoms with van der Waals surface area (Å²) in [5, 5.41) is 2.66. The van der Waals surface area contributed by atoms with E-state index in [0.717, 1.165) is 10.5 Å². The predicted molar refractivity (Wildman–Crippen MR) is 97.8 cm³/mol. The molecular formula is C19H23N3O6. The highest BCUT2D eigenvalue weighted by Crippen LogP contribution is 2.30. The predicted octanol–water partition coefficient (Wildman–Crippen LogP) is 0.563. The minimum Gasteiger partial charge on any atom is -0.486 e. The van der Waals surface area contributed by atoms with Gasteiger partial charge in [-0.2, -0.15) is 0 Å². The van der Waals surface area contributed by atoms with E-state index in [4.69, 9.17) is 9.47 Å². The molecule has 2 heterocycles. The quantitative estimate of drug-likeness (QED) is 0.540. The molecule has 5 amide bonds. The van der Waals surface area contributed by atoms with Crippen LogP contribution in [0.15, 0.2) is 18.2 Å². The van der Waals surface area contributed by atoms with E-state index in [-0.39, 0.29) is 12.5 Å². The van der Waals surface area contributed by atoms with Gasteiger partial charge in [0, 0.05) is 13.1 Å². The number of hydrogen-bond donors (Lipinski definition) is 1. The molecule has 3 rings (SSSR count). The number of hydrogen-bond acceptors (Lipinski definition) is 6. The number of amides is 5. The van der Waals surface area contributed by atoms with Gasteiger partial charge >= 0.3 is 17.8 Å². The van der Waals surface area contributed by atoms with Gasteiger partial charge in [0.05, 0.1) is 0 Å². The van der Waals surface area contributed by atoms with Crippen LogP contribution >= 0.6 is 0 Å². The lowest BCUT2D eigenvalue weighted by Gasteiger charge is -2.19. The summed E-state index contributed by atoms with van der Waals surface area (Å²) in [6.07, 6.45) is 0.544. The fourth-order valence-electron chi connectivity index (χ4n) is 3.00. The monoisotopic (exact) mass is 389 g/mol. The summed E-state index contributed by atoms with van der Waals surface area (Å²) in [6.45, 7) is 4.67. The minimum atomic E-state index is -0.965. The topological polar surface area (TPSA) is 105 Å². The van der Waals surface area contributed by atoms with E-state index in [1.807, 2.05) is 32.0 Å². The van der Waals surface area contributed by atoms with Gasteiger partial charge in [-0.1, -0.05) is 19.9 Å². The maximum atomic E-state index is 12.2. The van der Waals surface area contributed by atoms with Crippen molar-refractivity contribution in [3.05, 3.63) is 23.8 Å². The number of urea groups is 1. The van der Waals surface area contributed by atoms with Gasteiger partial charge in [0.2, 0.25) is 5.91 Å². The lowest BCUT2D eigenvalue weighted by atomic mass is 10.1. The summed E-state index contributed by atoms with van der Waals surface area (Å²) in [7, 11) is 0. The van der Waals surface area contributed by atoms with Gasteiger partial charge in [0.1, 0.15) is 19.8 Å². The molecule has 1 saturated heterocycles. The van der Waals surface area contributed by atoms with Crippen molar-refractivity contribution in [3.8, 4) is 11.5 Å². The second-order valence-electron chi connectivity index (χ2n) is 7.06. The van der Waals surface area contributed by atoms with Crippen LogP contribution in [-0.4, -0.2) is 66.4 Å². The van der Waals surface area contributed by atoms with E-state index in [9.17, 15) is 19.2 Å². The van der Waals surface area contributed by atoms with E-state index < -0.39 is 30.3 Å². The summed E-state index contributed by atoms with van der Waals surface area (Å²) in [5.74, 6) is -0.956. The van der Waals surface area contributed by atoms with Crippen LogP contribution in [0.2, 0.25) is 0 Å². The third-order valence-electron chi connectivity index (χ3n) is 4.33. The number of nitrogens with zero attached hydrogens (tertiary/aromatic N) is 2. The van der Waals surface area contributed by atoms with E-state index in [2.05, 4.69) is 5.32 Å². The molecule has 9 heteroatoms. The molecular weight excluding hydrogens is 366 g/mol. The molecule has 28 heavy (non-hydrogen) atoms. The second kappa shape index (κ2) is 8.28. The second-order valence-corrected chi connectivity index (χ2v) is 7.06. The fourth-order valence-corrected chi connectivity index (χ4v) is 3.00. The van der Waals surface area contributed by atoms with Crippen molar-refractivity contribution in [3.63, 3.8) is 0 Å². The zero-order valence-corrected chi connectivity index (χ0v) is 15.9. The summed E-state index contributed by atoms with van der Waals surface area (Å²) in [6, 6.07) is 4.82. The molecule has 0 spiro atoms. The van der Waals surface area contributed by atoms with E-state index in [1.165, 1.54) is 0 Å². The normalized spacial score (nSPS) is 16.2. The molecule has 0 unspecified atom stereocenters. The van der Waals surface area contributed by atoms with E-state index in [0.29, 0.717) is 42.6 Å². The van der Waals surface area contributed by atoms with E-state index in [1.54, 1.807) is 0 Å². The molecule has 0 aliphatic carbocycles. The molecule has 1 aromatic rings. The van der Waals surface area contributed by atoms with Crippen molar-refractivity contribution < 1.29 is 28.7 Å². The Morgan fingerprint density at radius 1 is 1.07 bits per heavy atom. The average Bonchev–Trinajstić information content (AvgIpc) is 2.86. The largest absolute Gasteiger partial charge is 0.486 e. The number of fused-ring (bicyclic) bond motifs is 1. The number of ether oxygens (including phenoxy) is 2. The first kappa shape index (κ1) is 19.7. The summed E-state index contributed by atoms with van der Waals surface area (Å²) < 4.78 is 11.0. The van der Waals surface area contributed by atoms with Crippen LogP contribution in [0.1, 0.15) is 19.4 Å². The van der Waals surface area contributed by atoms with Crippen LogP contribution in [0.25, 0.3) is 0 Å². The Morgan fingerprint density at radius 3 is 2.46 bits per heavy atom. The third kappa shape index (κ3) is 4.24. The van der Waals surface area contributed by atoms with Crippen molar-refractivity contribution in [2.45, 2.75) is 20.3 Å². The Morgan fingerprint density at radius 2 is 1.75 bits per heavy atom.